The van der Waals surface area contributed by atoms with E-state index < -0.39 is 5.97 Å². The summed E-state index contributed by atoms with van der Waals surface area (Å²) in [6.07, 6.45) is 18.9. The van der Waals surface area contributed by atoms with Crippen molar-refractivity contribution in [2.75, 3.05) is 6.61 Å². The van der Waals surface area contributed by atoms with E-state index in [1.807, 2.05) is 36.4 Å². The Labute approximate surface area is 230 Å². The molecule has 0 radical (unpaired) electrons. The van der Waals surface area contributed by atoms with Crippen LogP contribution in [-0.2, 0) is 9.59 Å². The van der Waals surface area contributed by atoms with Crippen LogP contribution in [0.15, 0.2) is 41.3 Å². The monoisotopic (exact) mass is 539 g/mol. The predicted molar refractivity (Wildman–Crippen MR) is 155 cm³/mol. The molecular weight excluding hydrogens is 498 g/mol. The molecule has 1 saturated heterocycles. The molecule has 2 aromatic rings. The molecule has 0 atom stereocenters. The van der Waals surface area contributed by atoms with E-state index in [0.29, 0.717) is 17.9 Å². The van der Waals surface area contributed by atoms with Crippen molar-refractivity contribution in [2.24, 2.45) is 0 Å². The van der Waals surface area contributed by atoms with Crippen LogP contribution < -0.4 is 10.1 Å². The summed E-state index contributed by atoms with van der Waals surface area (Å²) in [6, 6.07) is 11.9. The number of carboxylic acids is 1. The highest BCUT2D eigenvalue weighted by molar-refractivity contribution is 8.18. The fourth-order valence-corrected chi connectivity index (χ4v) is 5.46. The summed E-state index contributed by atoms with van der Waals surface area (Å²) < 4.78 is 6.12. The normalized spacial score (nSPS) is 14.4. The summed E-state index contributed by atoms with van der Waals surface area (Å²) >= 11 is 0.931. The molecule has 2 amide bonds. The number of benzene rings is 2. The predicted octanol–water partition coefficient (Wildman–Crippen LogP) is 8.48. The summed E-state index contributed by atoms with van der Waals surface area (Å²) in [5.41, 5.74) is 0.897. The van der Waals surface area contributed by atoms with Crippen LogP contribution in [0.1, 0.15) is 102 Å². The number of carbonyl (C=O) groups is 3. The fraction of sp³-hybridized carbons (Fsp3) is 0.516. The zero-order valence-electron chi connectivity index (χ0n) is 22.3. The number of imide groups is 1. The number of amides is 2. The lowest BCUT2D eigenvalue weighted by molar-refractivity contribution is -0.137. The Morgan fingerprint density at radius 2 is 1.32 bits per heavy atom. The molecule has 0 aromatic heterocycles. The first kappa shape index (κ1) is 29.8. The molecule has 1 fully saturated rings. The first-order chi connectivity index (χ1) is 18.5. The lowest BCUT2D eigenvalue weighted by Gasteiger charge is -2.11. The SMILES string of the molecule is O=C(O)CCCCCCCCCCCCCCCCOc1ccc(/C=C2\SC(=O)NC2=O)c2ccccc12. The van der Waals surface area contributed by atoms with Gasteiger partial charge in [0.05, 0.1) is 11.5 Å². The zero-order valence-corrected chi connectivity index (χ0v) is 23.2. The lowest BCUT2D eigenvalue weighted by Crippen LogP contribution is -2.17. The molecule has 0 aliphatic carbocycles. The minimum atomic E-state index is -0.679. The van der Waals surface area contributed by atoms with Crippen LogP contribution in [0.2, 0.25) is 0 Å². The van der Waals surface area contributed by atoms with Gasteiger partial charge in [0.1, 0.15) is 5.75 Å². The van der Waals surface area contributed by atoms with Gasteiger partial charge in [-0.15, -0.1) is 0 Å². The van der Waals surface area contributed by atoms with Crippen LogP contribution in [0.4, 0.5) is 4.79 Å². The van der Waals surface area contributed by atoms with Crippen LogP contribution in [0.3, 0.4) is 0 Å². The third kappa shape index (κ3) is 10.5. The van der Waals surface area contributed by atoms with E-state index in [2.05, 4.69) is 5.32 Å². The van der Waals surface area contributed by atoms with Crippen LogP contribution in [0, 0.1) is 0 Å². The molecule has 0 bridgehead atoms. The van der Waals surface area contributed by atoms with Gasteiger partial charge in [-0.1, -0.05) is 107 Å². The van der Waals surface area contributed by atoms with E-state index in [0.717, 1.165) is 53.1 Å². The van der Waals surface area contributed by atoms with Gasteiger partial charge in [-0.25, -0.2) is 0 Å². The summed E-state index contributed by atoms with van der Waals surface area (Å²) in [4.78, 5) is 34.3. The fourth-order valence-electron chi connectivity index (χ4n) is 4.79. The topological polar surface area (TPSA) is 92.7 Å². The third-order valence-electron chi connectivity index (χ3n) is 6.89. The van der Waals surface area contributed by atoms with E-state index in [1.54, 1.807) is 6.08 Å². The van der Waals surface area contributed by atoms with Crippen LogP contribution in [-0.4, -0.2) is 28.8 Å². The maximum absolute atomic E-state index is 11.9. The summed E-state index contributed by atoms with van der Waals surface area (Å²) in [5.74, 6) is -0.174. The number of carboxylic acid groups (broad SMARTS) is 1. The van der Waals surface area contributed by atoms with Crippen molar-refractivity contribution in [1.29, 1.82) is 0 Å². The molecule has 3 rings (SSSR count). The van der Waals surface area contributed by atoms with Gasteiger partial charge in [0, 0.05) is 11.8 Å². The van der Waals surface area contributed by atoms with Crippen LogP contribution >= 0.6 is 11.8 Å². The maximum Gasteiger partial charge on any atom is 0.303 e. The standard InChI is InChI=1S/C31H41NO5S/c33-29(34)19-13-11-9-7-5-3-1-2-4-6-8-10-12-16-22-37-27-21-20-24(25-17-14-15-18-26(25)27)23-28-30(35)32-31(36)38-28/h14-15,17-18,20-21,23H,1-13,16,19,22H2,(H,33,34)(H,32,35,36)/b28-23-. The van der Waals surface area contributed by atoms with Crippen molar-refractivity contribution in [3.8, 4) is 5.75 Å². The number of carbonyl (C=O) groups excluding carboxylic acids is 2. The molecule has 1 aliphatic rings. The number of fused-ring (bicyclic) bond motifs is 1. The second kappa shape index (κ2) is 16.9. The molecule has 2 aromatic carbocycles. The molecule has 0 unspecified atom stereocenters. The summed E-state index contributed by atoms with van der Waals surface area (Å²) in [6.45, 7) is 0.688. The molecule has 7 heteroatoms. The number of ether oxygens (including phenoxy) is 1. The smallest absolute Gasteiger partial charge is 0.303 e. The number of thioether (sulfide) groups is 1. The molecule has 1 aliphatic heterocycles. The Bertz CT molecular complexity index is 1100. The van der Waals surface area contributed by atoms with E-state index in [-0.39, 0.29) is 11.1 Å². The highest BCUT2D eigenvalue weighted by atomic mass is 32.2. The van der Waals surface area contributed by atoms with E-state index in [9.17, 15) is 14.4 Å². The Hall–Kier alpha value is -2.80. The molecule has 206 valence electrons. The number of unbranched alkanes of at least 4 members (excludes halogenated alkanes) is 13. The Balaban J connectivity index is 1.24. The Kier molecular flexibility index (Phi) is 13.2. The molecule has 38 heavy (non-hydrogen) atoms. The van der Waals surface area contributed by atoms with Crippen molar-refractivity contribution in [2.45, 2.75) is 96.3 Å². The highest BCUT2D eigenvalue weighted by Gasteiger charge is 2.25. The Morgan fingerprint density at radius 1 is 0.763 bits per heavy atom. The van der Waals surface area contributed by atoms with Gasteiger partial charge in [-0.3, -0.25) is 19.7 Å². The van der Waals surface area contributed by atoms with Crippen LogP contribution in [0.5, 0.6) is 5.75 Å². The van der Waals surface area contributed by atoms with E-state index in [1.165, 1.54) is 70.6 Å². The van der Waals surface area contributed by atoms with Crippen molar-refractivity contribution in [3.05, 3.63) is 46.9 Å². The third-order valence-corrected chi connectivity index (χ3v) is 7.70. The van der Waals surface area contributed by atoms with Gasteiger partial charge in [0.25, 0.3) is 11.1 Å². The summed E-state index contributed by atoms with van der Waals surface area (Å²) in [7, 11) is 0. The van der Waals surface area contributed by atoms with Gasteiger partial charge in [0.2, 0.25) is 0 Å². The lowest BCUT2D eigenvalue weighted by atomic mass is 10.0. The maximum atomic E-state index is 11.9. The molecule has 0 saturated carbocycles. The number of nitrogens with one attached hydrogen (secondary N) is 1. The van der Waals surface area contributed by atoms with Crippen molar-refractivity contribution < 1.29 is 24.2 Å². The zero-order chi connectivity index (χ0) is 27.0. The molecule has 2 N–H and O–H groups in total. The van der Waals surface area contributed by atoms with Crippen molar-refractivity contribution in [3.63, 3.8) is 0 Å². The van der Waals surface area contributed by atoms with Crippen molar-refractivity contribution in [1.82, 2.24) is 5.32 Å². The minimum Gasteiger partial charge on any atom is -0.493 e. The Morgan fingerprint density at radius 3 is 1.87 bits per heavy atom. The van der Waals surface area contributed by atoms with Gasteiger partial charge < -0.3 is 9.84 Å². The second-order valence-electron chi connectivity index (χ2n) is 9.99. The first-order valence-electron chi connectivity index (χ1n) is 14.2. The van der Waals surface area contributed by atoms with Gasteiger partial charge >= 0.3 is 5.97 Å². The minimum absolute atomic E-state index is 0.310. The first-order valence-corrected chi connectivity index (χ1v) is 15.0. The number of rotatable bonds is 19. The largest absolute Gasteiger partial charge is 0.493 e. The number of hydrogen-bond donors (Lipinski definition) is 2. The molecular formula is C31H41NO5S. The number of hydrogen-bond acceptors (Lipinski definition) is 5. The van der Waals surface area contributed by atoms with E-state index >= 15 is 0 Å². The average molecular weight is 540 g/mol. The second-order valence-corrected chi connectivity index (χ2v) is 11.0. The highest BCUT2D eigenvalue weighted by Crippen LogP contribution is 2.33. The van der Waals surface area contributed by atoms with Crippen LogP contribution in [0.25, 0.3) is 16.8 Å². The van der Waals surface area contributed by atoms with Gasteiger partial charge in [-0.05, 0) is 47.7 Å². The molecule has 1 heterocycles. The van der Waals surface area contributed by atoms with Gasteiger partial charge in [0.15, 0.2) is 0 Å². The van der Waals surface area contributed by atoms with E-state index in [4.69, 9.17) is 9.84 Å². The van der Waals surface area contributed by atoms with Crippen molar-refractivity contribution >= 4 is 45.7 Å². The number of aliphatic carboxylic acids is 1. The molecule has 0 spiro atoms. The van der Waals surface area contributed by atoms with Gasteiger partial charge in [-0.2, -0.15) is 0 Å². The summed E-state index contributed by atoms with van der Waals surface area (Å²) in [5, 5.41) is 12.6. The quantitative estimate of drug-likeness (QED) is 0.137. The average Bonchev–Trinajstić information content (AvgIpc) is 3.22. The molecule has 6 nitrogen and oxygen atoms in total.